The SMILES string of the molecule is Cc1ccc(O)c(CNc2ccc(C(=O)O)cc2C)c1. The van der Waals surface area contributed by atoms with Crippen molar-refractivity contribution in [2.45, 2.75) is 20.4 Å². The summed E-state index contributed by atoms with van der Waals surface area (Å²) in [6, 6.07) is 10.4. The molecule has 0 unspecified atom stereocenters. The lowest BCUT2D eigenvalue weighted by atomic mass is 10.1. The van der Waals surface area contributed by atoms with Crippen molar-refractivity contribution in [3.8, 4) is 5.75 Å². The fourth-order valence-electron chi connectivity index (χ4n) is 2.04. The van der Waals surface area contributed by atoms with Gasteiger partial charge in [-0.15, -0.1) is 0 Å². The van der Waals surface area contributed by atoms with Crippen molar-refractivity contribution in [3.63, 3.8) is 0 Å². The minimum absolute atomic E-state index is 0.253. The number of phenols is 1. The molecule has 2 rings (SSSR count). The average molecular weight is 271 g/mol. The molecule has 0 heterocycles. The zero-order chi connectivity index (χ0) is 14.7. The van der Waals surface area contributed by atoms with Gasteiger partial charge in [0.1, 0.15) is 5.75 Å². The molecule has 0 aliphatic carbocycles. The number of carboxylic acids is 1. The van der Waals surface area contributed by atoms with E-state index in [9.17, 15) is 9.90 Å². The number of rotatable bonds is 4. The molecule has 0 aliphatic rings. The van der Waals surface area contributed by atoms with E-state index in [1.807, 2.05) is 26.0 Å². The molecule has 2 aromatic carbocycles. The Hall–Kier alpha value is -2.49. The molecule has 0 bridgehead atoms. The topological polar surface area (TPSA) is 69.6 Å². The summed E-state index contributed by atoms with van der Waals surface area (Å²) in [6.45, 7) is 4.31. The molecule has 4 nitrogen and oxygen atoms in total. The highest BCUT2D eigenvalue weighted by molar-refractivity contribution is 5.88. The van der Waals surface area contributed by atoms with Crippen molar-refractivity contribution in [2.75, 3.05) is 5.32 Å². The molecule has 0 radical (unpaired) electrons. The van der Waals surface area contributed by atoms with E-state index >= 15 is 0 Å². The lowest BCUT2D eigenvalue weighted by Gasteiger charge is -2.12. The Labute approximate surface area is 117 Å². The summed E-state index contributed by atoms with van der Waals surface area (Å²) in [6.07, 6.45) is 0. The molecule has 20 heavy (non-hydrogen) atoms. The first kappa shape index (κ1) is 13.9. The largest absolute Gasteiger partial charge is 0.508 e. The molecule has 0 saturated carbocycles. The number of hydrogen-bond donors (Lipinski definition) is 3. The van der Waals surface area contributed by atoms with Crippen LogP contribution >= 0.6 is 0 Å². The Morgan fingerprint density at radius 3 is 2.55 bits per heavy atom. The van der Waals surface area contributed by atoms with Gasteiger partial charge in [0, 0.05) is 17.8 Å². The second kappa shape index (κ2) is 5.65. The van der Waals surface area contributed by atoms with Gasteiger partial charge in [-0.1, -0.05) is 17.7 Å². The Morgan fingerprint density at radius 2 is 1.90 bits per heavy atom. The number of carbonyl (C=O) groups is 1. The Kier molecular flexibility index (Phi) is 3.94. The highest BCUT2D eigenvalue weighted by Crippen LogP contribution is 2.22. The average Bonchev–Trinajstić information content (AvgIpc) is 2.40. The second-order valence-electron chi connectivity index (χ2n) is 4.82. The molecule has 0 saturated heterocycles. The van der Waals surface area contributed by atoms with Crippen LogP contribution in [0.4, 0.5) is 5.69 Å². The third-order valence-electron chi connectivity index (χ3n) is 3.18. The number of nitrogens with one attached hydrogen (secondary N) is 1. The molecule has 0 aromatic heterocycles. The molecule has 0 fully saturated rings. The molecule has 0 atom stereocenters. The van der Waals surface area contributed by atoms with Gasteiger partial charge in [-0.3, -0.25) is 0 Å². The van der Waals surface area contributed by atoms with Gasteiger partial charge in [0.25, 0.3) is 0 Å². The summed E-state index contributed by atoms with van der Waals surface area (Å²) in [4.78, 5) is 10.9. The number of hydrogen-bond acceptors (Lipinski definition) is 3. The van der Waals surface area contributed by atoms with E-state index < -0.39 is 5.97 Å². The third kappa shape index (κ3) is 3.09. The van der Waals surface area contributed by atoms with Crippen molar-refractivity contribution < 1.29 is 15.0 Å². The lowest BCUT2D eigenvalue weighted by Crippen LogP contribution is -2.03. The smallest absolute Gasteiger partial charge is 0.335 e. The minimum Gasteiger partial charge on any atom is -0.508 e. The number of aromatic hydroxyl groups is 1. The van der Waals surface area contributed by atoms with Crippen molar-refractivity contribution >= 4 is 11.7 Å². The summed E-state index contributed by atoms with van der Waals surface area (Å²) < 4.78 is 0. The highest BCUT2D eigenvalue weighted by atomic mass is 16.4. The van der Waals surface area contributed by atoms with E-state index in [0.29, 0.717) is 6.54 Å². The van der Waals surface area contributed by atoms with Gasteiger partial charge in [0.2, 0.25) is 0 Å². The summed E-state index contributed by atoms with van der Waals surface area (Å²) >= 11 is 0. The number of benzene rings is 2. The van der Waals surface area contributed by atoms with Crippen molar-refractivity contribution in [1.29, 1.82) is 0 Å². The van der Waals surface area contributed by atoms with Crippen LogP contribution in [0.2, 0.25) is 0 Å². The van der Waals surface area contributed by atoms with E-state index in [-0.39, 0.29) is 11.3 Å². The van der Waals surface area contributed by atoms with E-state index in [1.165, 1.54) is 0 Å². The molecule has 4 heteroatoms. The molecule has 0 spiro atoms. The normalized spacial score (nSPS) is 10.3. The third-order valence-corrected chi connectivity index (χ3v) is 3.18. The lowest BCUT2D eigenvalue weighted by molar-refractivity contribution is 0.0697. The van der Waals surface area contributed by atoms with Crippen molar-refractivity contribution in [3.05, 3.63) is 58.7 Å². The predicted molar refractivity (Wildman–Crippen MR) is 78.3 cm³/mol. The summed E-state index contributed by atoms with van der Waals surface area (Å²) in [5.74, 6) is -0.682. The van der Waals surface area contributed by atoms with Crippen LogP contribution in [0.25, 0.3) is 0 Å². The van der Waals surface area contributed by atoms with Crippen molar-refractivity contribution in [2.24, 2.45) is 0 Å². The molecular weight excluding hydrogens is 254 g/mol. The number of carboxylic acid groups (broad SMARTS) is 1. The maximum absolute atomic E-state index is 10.9. The summed E-state index contributed by atoms with van der Waals surface area (Å²) in [7, 11) is 0. The fraction of sp³-hybridized carbons (Fsp3) is 0.188. The first-order valence-electron chi connectivity index (χ1n) is 6.33. The van der Waals surface area contributed by atoms with Crippen LogP contribution in [0.3, 0.4) is 0 Å². The van der Waals surface area contributed by atoms with Crippen LogP contribution in [-0.4, -0.2) is 16.2 Å². The quantitative estimate of drug-likeness (QED) is 0.798. The molecule has 3 N–H and O–H groups in total. The van der Waals surface area contributed by atoms with E-state index in [4.69, 9.17) is 5.11 Å². The van der Waals surface area contributed by atoms with Gasteiger partial charge in [-0.25, -0.2) is 4.79 Å². The van der Waals surface area contributed by atoms with Crippen LogP contribution in [0.5, 0.6) is 5.75 Å². The Balaban J connectivity index is 2.15. The zero-order valence-electron chi connectivity index (χ0n) is 11.5. The van der Waals surface area contributed by atoms with Gasteiger partial charge in [0.05, 0.1) is 5.56 Å². The molecule has 0 amide bonds. The molecular formula is C16H17NO3. The van der Waals surface area contributed by atoms with Gasteiger partial charge in [0.15, 0.2) is 0 Å². The Bertz CT molecular complexity index is 650. The highest BCUT2D eigenvalue weighted by Gasteiger charge is 2.06. The molecule has 2 aromatic rings. The maximum Gasteiger partial charge on any atom is 0.335 e. The van der Waals surface area contributed by atoms with E-state index in [0.717, 1.165) is 22.4 Å². The standard InChI is InChI=1S/C16H17NO3/c1-10-3-6-15(18)13(7-10)9-17-14-5-4-12(16(19)20)8-11(14)2/h3-8,17-18H,9H2,1-2H3,(H,19,20). The van der Waals surface area contributed by atoms with E-state index in [1.54, 1.807) is 24.3 Å². The zero-order valence-corrected chi connectivity index (χ0v) is 11.5. The number of aryl methyl sites for hydroxylation is 2. The number of aromatic carboxylic acids is 1. The van der Waals surface area contributed by atoms with Crippen LogP contribution in [0.1, 0.15) is 27.0 Å². The van der Waals surface area contributed by atoms with Crippen LogP contribution < -0.4 is 5.32 Å². The first-order chi connectivity index (χ1) is 9.47. The maximum atomic E-state index is 10.9. The number of phenolic OH excluding ortho intramolecular Hbond substituents is 1. The van der Waals surface area contributed by atoms with Gasteiger partial charge in [-0.2, -0.15) is 0 Å². The fourth-order valence-corrected chi connectivity index (χ4v) is 2.04. The van der Waals surface area contributed by atoms with Crippen molar-refractivity contribution in [1.82, 2.24) is 0 Å². The van der Waals surface area contributed by atoms with Crippen LogP contribution in [0, 0.1) is 13.8 Å². The molecule has 0 aliphatic heterocycles. The van der Waals surface area contributed by atoms with Gasteiger partial charge >= 0.3 is 5.97 Å². The van der Waals surface area contributed by atoms with Crippen LogP contribution in [0.15, 0.2) is 36.4 Å². The first-order valence-corrected chi connectivity index (χ1v) is 6.33. The second-order valence-corrected chi connectivity index (χ2v) is 4.82. The van der Waals surface area contributed by atoms with Crippen LogP contribution in [-0.2, 0) is 6.54 Å². The minimum atomic E-state index is -0.934. The van der Waals surface area contributed by atoms with E-state index in [2.05, 4.69) is 5.32 Å². The predicted octanol–water partition coefficient (Wildman–Crippen LogP) is 3.32. The van der Waals surface area contributed by atoms with Gasteiger partial charge < -0.3 is 15.5 Å². The Morgan fingerprint density at radius 1 is 1.15 bits per heavy atom. The van der Waals surface area contributed by atoms with Gasteiger partial charge in [-0.05, 0) is 43.7 Å². The molecule has 104 valence electrons. The number of anilines is 1. The summed E-state index contributed by atoms with van der Waals surface area (Å²) in [5.41, 5.74) is 3.88. The monoisotopic (exact) mass is 271 g/mol. The summed E-state index contributed by atoms with van der Waals surface area (Å²) in [5, 5.41) is 21.9.